The summed E-state index contributed by atoms with van der Waals surface area (Å²) in [4.78, 5) is 22.9. The Labute approximate surface area is 140 Å². The minimum Gasteiger partial charge on any atom is -0.481 e. The van der Waals surface area contributed by atoms with Gasteiger partial charge in [0.1, 0.15) is 6.61 Å². The number of carboxylic acids is 1. The topological polar surface area (TPSA) is 89.6 Å². The summed E-state index contributed by atoms with van der Waals surface area (Å²) >= 11 is 0. The summed E-state index contributed by atoms with van der Waals surface area (Å²) in [6.45, 7) is 0.114. The van der Waals surface area contributed by atoms with Crippen LogP contribution < -0.4 is 5.73 Å². The van der Waals surface area contributed by atoms with Crippen molar-refractivity contribution in [1.82, 2.24) is 0 Å². The van der Waals surface area contributed by atoms with Crippen molar-refractivity contribution in [3.63, 3.8) is 0 Å². The van der Waals surface area contributed by atoms with Crippen molar-refractivity contribution in [2.24, 2.45) is 11.7 Å². The molecule has 2 aromatic rings. The summed E-state index contributed by atoms with van der Waals surface area (Å²) in [5.74, 6) is -2.54. The lowest BCUT2D eigenvalue weighted by Gasteiger charge is -2.15. The number of benzene rings is 2. The van der Waals surface area contributed by atoms with Crippen LogP contribution in [0.2, 0.25) is 0 Å². The molecule has 3 rings (SSSR count). The number of hydrogen-bond acceptors (Lipinski definition) is 4. The normalized spacial score (nSPS) is 13.9. The highest BCUT2D eigenvalue weighted by Crippen LogP contribution is 2.44. The van der Waals surface area contributed by atoms with Crippen LogP contribution in [0.15, 0.2) is 48.5 Å². The largest absolute Gasteiger partial charge is 0.481 e. The minimum atomic E-state index is -1.08. The van der Waals surface area contributed by atoms with E-state index in [1.165, 1.54) is 0 Å². The number of carboxylic acid groups (broad SMARTS) is 1. The van der Waals surface area contributed by atoms with E-state index in [-0.39, 0.29) is 25.5 Å². The highest BCUT2D eigenvalue weighted by atomic mass is 16.5. The van der Waals surface area contributed by atoms with Crippen molar-refractivity contribution < 1.29 is 19.4 Å². The van der Waals surface area contributed by atoms with Crippen LogP contribution >= 0.6 is 0 Å². The van der Waals surface area contributed by atoms with Crippen LogP contribution in [0, 0.1) is 5.92 Å². The summed E-state index contributed by atoms with van der Waals surface area (Å²) in [7, 11) is 0. The number of esters is 1. The fourth-order valence-electron chi connectivity index (χ4n) is 3.15. The lowest BCUT2D eigenvalue weighted by molar-refractivity contribution is -0.151. The number of hydrogen-bond donors (Lipinski definition) is 2. The molecular formula is C19H19NO4. The van der Waals surface area contributed by atoms with Crippen LogP contribution in [0.25, 0.3) is 11.1 Å². The molecular weight excluding hydrogens is 306 g/mol. The molecule has 1 aliphatic rings. The van der Waals surface area contributed by atoms with Gasteiger partial charge in [-0.1, -0.05) is 48.5 Å². The maximum atomic E-state index is 12.0. The van der Waals surface area contributed by atoms with Gasteiger partial charge in [0, 0.05) is 12.5 Å². The van der Waals surface area contributed by atoms with Gasteiger partial charge in [0.15, 0.2) is 0 Å². The zero-order chi connectivity index (χ0) is 17.1. The summed E-state index contributed by atoms with van der Waals surface area (Å²) in [5.41, 5.74) is 9.93. The summed E-state index contributed by atoms with van der Waals surface area (Å²) < 4.78 is 5.36. The number of ether oxygens (including phenoxy) is 1. The molecule has 0 aromatic heterocycles. The maximum absolute atomic E-state index is 12.0. The fourth-order valence-corrected chi connectivity index (χ4v) is 3.15. The summed E-state index contributed by atoms with van der Waals surface area (Å²) in [5, 5.41) is 8.97. The molecule has 3 N–H and O–H groups in total. The molecule has 0 fully saturated rings. The second-order valence-corrected chi connectivity index (χ2v) is 5.89. The monoisotopic (exact) mass is 325 g/mol. The molecule has 1 atom stereocenters. The number of rotatable bonds is 6. The summed E-state index contributed by atoms with van der Waals surface area (Å²) in [6, 6.07) is 16.1. The van der Waals surface area contributed by atoms with Crippen molar-refractivity contribution in [2.45, 2.75) is 12.3 Å². The third-order valence-corrected chi connectivity index (χ3v) is 4.42. The van der Waals surface area contributed by atoms with Crippen LogP contribution in [0.5, 0.6) is 0 Å². The minimum absolute atomic E-state index is 0.0255. The van der Waals surface area contributed by atoms with Gasteiger partial charge in [-0.15, -0.1) is 0 Å². The molecule has 0 heterocycles. The molecule has 2 aromatic carbocycles. The van der Waals surface area contributed by atoms with Gasteiger partial charge in [0.2, 0.25) is 0 Å². The number of fused-ring (bicyclic) bond motifs is 3. The Morgan fingerprint density at radius 1 is 1.04 bits per heavy atom. The van der Waals surface area contributed by atoms with Crippen molar-refractivity contribution in [3.8, 4) is 11.1 Å². The van der Waals surface area contributed by atoms with E-state index in [0.29, 0.717) is 0 Å². The van der Waals surface area contributed by atoms with Crippen LogP contribution in [-0.2, 0) is 14.3 Å². The molecule has 0 saturated carbocycles. The quantitative estimate of drug-likeness (QED) is 0.796. The van der Waals surface area contributed by atoms with Crippen LogP contribution in [0.3, 0.4) is 0 Å². The van der Waals surface area contributed by atoms with Gasteiger partial charge in [0.05, 0.1) is 12.3 Å². The third-order valence-electron chi connectivity index (χ3n) is 4.42. The fraction of sp³-hybridized carbons (Fsp3) is 0.263. The molecule has 0 radical (unpaired) electrons. The molecule has 0 saturated heterocycles. The average Bonchev–Trinajstić information content (AvgIpc) is 2.91. The molecule has 0 unspecified atom stereocenters. The standard InChI is InChI=1S/C19H19NO4/c20-10-12(19(22)23)9-18(21)24-11-17-15-7-3-1-5-13(15)14-6-2-4-8-16(14)17/h1-8,12,17H,9-11,20H2,(H,22,23)/t12-/m0/s1. The zero-order valence-corrected chi connectivity index (χ0v) is 13.1. The van der Waals surface area contributed by atoms with Gasteiger partial charge in [0.25, 0.3) is 0 Å². The SMILES string of the molecule is NC[C@H](CC(=O)OCC1c2ccccc2-c2ccccc21)C(=O)O. The number of nitrogens with two attached hydrogens (primary N) is 1. The number of aliphatic carboxylic acids is 1. The van der Waals surface area contributed by atoms with E-state index in [4.69, 9.17) is 15.6 Å². The van der Waals surface area contributed by atoms with E-state index >= 15 is 0 Å². The molecule has 1 aliphatic carbocycles. The molecule has 5 nitrogen and oxygen atoms in total. The first-order valence-corrected chi connectivity index (χ1v) is 7.88. The Morgan fingerprint density at radius 3 is 2.08 bits per heavy atom. The Hall–Kier alpha value is -2.66. The molecule has 0 bridgehead atoms. The molecule has 0 aliphatic heterocycles. The number of carbonyl (C=O) groups is 2. The Morgan fingerprint density at radius 2 is 1.58 bits per heavy atom. The molecule has 124 valence electrons. The highest BCUT2D eigenvalue weighted by molar-refractivity contribution is 5.80. The predicted molar refractivity (Wildman–Crippen MR) is 89.5 cm³/mol. The van der Waals surface area contributed by atoms with Gasteiger partial charge < -0.3 is 15.6 Å². The molecule has 0 amide bonds. The maximum Gasteiger partial charge on any atom is 0.308 e. The molecule has 5 heteroatoms. The van der Waals surface area contributed by atoms with Crippen molar-refractivity contribution in [2.75, 3.05) is 13.2 Å². The van der Waals surface area contributed by atoms with Gasteiger partial charge in [-0.05, 0) is 22.3 Å². The van der Waals surface area contributed by atoms with Gasteiger partial charge in [-0.25, -0.2) is 0 Å². The van der Waals surface area contributed by atoms with E-state index in [2.05, 4.69) is 12.1 Å². The zero-order valence-electron chi connectivity index (χ0n) is 13.1. The third kappa shape index (κ3) is 3.03. The Bertz CT molecular complexity index is 726. The van der Waals surface area contributed by atoms with Gasteiger partial charge in [-0.3, -0.25) is 9.59 Å². The van der Waals surface area contributed by atoms with Crippen molar-refractivity contribution in [1.29, 1.82) is 0 Å². The van der Waals surface area contributed by atoms with Crippen LogP contribution in [-0.4, -0.2) is 30.2 Å². The highest BCUT2D eigenvalue weighted by Gasteiger charge is 2.29. The first-order chi connectivity index (χ1) is 11.6. The van der Waals surface area contributed by atoms with E-state index in [1.807, 2.05) is 36.4 Å². The summed E-state index contributed by atoms with van der Waals surface area (Å²) in [6.07, 6.45) is -0.207. The van der Waals surface area contributed by atoms with Gasteiger partial charge >= 0.3 is 11.9 Å². The lowest BCUT2D eigenvalue weighted by Crippen LogP contribution is -2.27. The second-order valence-electron chi connectivity index (χ2n) is 5.89. The Kier molecular flexibility index (Phi) is 4.62. The number of carbonyl (C=O) groups excluding carboxylic acids is 1. The van der Waals surface area contributed by atoms with E-state index in [1.54, 1.807) is 0 Å². The predicted octanol–water partition coefficient (Wildman–Crippen LogP) is 2.39. The van der Waals surface area contributed by atoms with Gasteiger partial charge in [-0.2, -0.15) is 0 Å². The first-order valence-electron chi connectivity index (χ1n) is 7.88. The van der Waals surface area contributed by atoms with Crippen molar-refractivity contribution >= 4 is 11.9 Å². The Balaban J connectivity index is 1.74. The first kappa shape index (κ1) is 16.2. The average molecular weight is 325 g/mol. The second kappa shape index (κ2) is 6.84. The van der Waals surface area contributed by atoms with E-state index in [0.717, 1.165) is 22.3 Å². The van der Waals surface area contributed by atoms with E-state index < -0.39 is 17.9 Å². The molecule has 0 spiro atoms. The van der Waals surface area contributed by atoms with Crippen molar-refractivity contribution in [3.05, 3.63) is 59.7 Å². The smallest absolute Gasteiger partial charge is 0.308 e. The van der Waals surface area contributed by atoms with Crippen LogP contribution in [0.1, 0.15) is 23.5 Å². The van der Waals surface area contributed by atoms with E-state index in [9.17, 15) is 9.59 Å². The lowest BCUT2D eigenvalue weighted by atomic mass is 9.98. The van der Waals surface area contributed by atoms with Crippen LogP contribution in [0.4, 0.5) is 0 Å². The molecule has 24 heavy (non-hydrogen) atoms.